The van der Waals surface area contributed by atoms with Crippen LogP contribution >= 0.6 is 0 Å². The van der Waals surface area contributed by atoms with Crippen molar-refractivity contribution >= 4 is 28.1 Å². The lowest BCUT2D eigenvalue weighted by atomic mass is 10.2. The SMILES string of the molecule is CC(C)(C)OC(=O)Oc1c(-c2cc3ccccc3o2)oc2ccccc2c1=O. The average Bonchev–Trinajstić information content (AvgIpc) is 3.06. The highest BCUT2D eigenvalue weighted by atomic mass is 16.7. The van der Waals surface area contributed by atoms with Crippen molar-refractivity contribution in [2.45, 2.75) is 26.4 Å². The second kappa shape index (κ2) is 6.56. The minimum atomic E-state index is -0.993. The van der Waals surface area contributed by atoms with Gasteiger partial charge in [-0.25, -0.2) is 4.79 Å². The Morgan fingerprint density at radius 3 is 2.32 bits per heavy atom. The van der Waals surface area contributed by atoms with Crippen LogP contribution in [0.5, 0.6) is 5.75 Å². The summed E-state index contributed by atoms with van der Waals surface area (Å²) in [6, 6.07) is 15.8. The number of hydrogen-bond donors (Lipinski definition) is 0. The molecular weight excluding hydrogens is 360 g/mol. The normalized spacial score (nSPS) is 11.7. The number of fused-ring (bicyclic) bond motifs is 2. The Balaban J connectivity index is 1.90. The van der Waals surface area contributed by atoms with Gasteiger partial charge in [0.2, 0.25) is 16.9 Å². The number of rotatable bonds is 2. The van der Waals surface area contributed by atoms with Gasteiger partial charge in [-0.3, -0.25) is 4.79 Å². The first kappa shape index (κ1) is 17.9. The van der Waals surface area contributed by atoms with E-state index in [0.717, 1.165) is 5.39 Å². The largest absolute Gasteiger partial charge is 0.514 e. The fourth-order valence-corrected chi connectivity index (χ4v) is 2.83. The van der Waals surface area contributed by atoms with Gasteiger partial charge in [-0.15, -0.1) is 0 Å². The highest BCUT2D eigenvalue weighted by molar-refractivity contribution is 5.86. The van der Waals surface area contributed by atoms with Crippen molar-refractivity contribution in [1.29, 1.82) is 0 Å². The molecule has 0 N–H and O–H groups in total. The van der Waals surface area contributed by atoms with E-state index in [1.54, 1.807) is 57.2 Å². The van der Waals surface area contributed by atoms with Gasteiger partial charge < -0.3 is 18.3 Å². The van der Waals surface area contributed by atoms with Crippen LogP contribution in [0.4, 0.5) is 4.79 Å². The van der Waals surface area contributed by atoms with E-state index in [0.29, 0.717) is 16.6 Å². The first-order chi connectivity index (χ1) is 13.3. The molecule has 2 aromatic heterocycles. The zero-order valence-corrected chi connectivity index (χ0v) is 15.6. The van der Waals surface area contributed by atoms with Gasteiger partial charge in [-0.2, -0.15) is 0 Å². The topological polar surface area (TPSA) is 78.9 Å². The first-order valence-electron chi connectivity index (χ1n) is 8.77. The van der Waals surface area contributed by atoms with E-state index < -0.39 is 17.2 Å². The molecule has 4 aromatic rings. The summed E-state index contributed by atoms with van der Waals surface area (Å²) in [4.78, 5) is 25.2. The predicted molar refractivity (Wildman–Crippen MR) is 105 cm³/mol. The predicted octanol–water partition coefficient (Wildman–Crippen LogP) is 5.52. The lowest BCUT2D eigenvalue weighted by Crippen LogP contribution is -2.27. The summed E-state index contributed by atoms with van der Waals surface area (Å²) in [5.41, 5.74) is -0.271. The van der Waals surface area contributed by atoms with Crippen molar-refractivity contribution in [3.05, 3.63) is 64.8 Å². The van der Waals surface area contributed by atoms with Gasteiger partial charge in [-0.05, 0) is 45.0 Å². The number of hydrogen-bond acceptors (Lipinski definition) is 6. The molecule has 0 bridgehead atoms. The molecule has 0 spiro atoms. The van der Waals surface area contributed by atoms with E-state index in [2.05, 4.69) is 0 Å². The standard InChI is InChI=1S/C22H18O6/c1-22(2,3)28-21(24)27-20-18(23)14-9-5-7-11-16(14)26-19(20)17-12-13-8-4-6-10-15(13)25-17/h4-12H,1-3H3. The Morgan fingerprint density at radius 1 is 0.929 bits per heavy atom. The fraction of sp³-hybridized carbons (Fsp3) is 0.182. The molecular formula is C22H18O6. The zero-order chi connectivity index (χ0) is 19.9. The number of carbonyl (C=O) groups excluding carboxylic acids is 1. The van der Waals surface area contributed by atoms with Crippen LogP contribution in [0.15, 0.2) is 68.2 Å². The van der Waals surface area contributed by atoms with Gasteiger partial charge in [0, 0.05) is 5.39 Å². The molecule has 0 saturated heterocycles. The molecule has 6 heteroatoms. The number of benzene rings is 2. The summed E-state index contributed by atoms with van der Waals surface area (Å²) in [6.07, 6.45) is -0.993. The molecule has 0 radical (unpaired) electrons. The molecule has 0 aliphatic rings. The van der Waals surface area contributed by atoms with Crippen LogP contribution < -0.4 is 10.2 Å². The second-order valence-electron chi connectivity index (χ2n) is 7.30. The third-order valence-electron chi connectivity index (χ3n) is 3.98. The van der Waals surface area contributed by atoms with Crippen LogP contribution in [0.2, 0.25) is 0 Å². The number of ether oxygens (including phenoxy) is 2. The van der Waals surface area contributed by atoms with Crippen molar-refractivity contribution in [3.8, 4) is 17.3 Å². The first-order valence-corrected chi connectivity index (χ1v) is 8.77. The minimum Gasteiger partial charge on any atom is -0.453 e. The van der Waals surface area contributed by atoms with Crippen molar-refractivity contribution in [2.75, 3.05) is 0 Å². The van der Waals surface area contributed by atoms with Crippen molar-refractivity contribution in [1.82, 2.24) is 0 Å². The molecule has 2 heterocycles. The van der Waals surface area contributed by atoms with Crippen molar-refractivity contribution < 1.29 is 23.1 Å². The van der Waals surface area contributed by atoms with Gasteiger partial charge in [0.15, 0.2) is 5.76 Å². The molecule has 0 saturated carbocycles. The summed E-state index contributed by atoms with van der Waals surface area (Å²) in [5.74, 6) is 0.0420. The minimum absolute atomic E-state index is 0.0331. The third kappa shape index (κ3) is 3.36. The quantitative estimate of drug-likeness (QED) is 0.427. The van der Waals surface area contributed by atoms with E-state index in [1.165, 1.54) is 0 Å². The molecule has 2 aromatic carbocycles. The number of para-hydroxylation sites is 2. The summed E-state index contributed by atoms with van der Waals surface area (Å²) in [5, 5.41) is 1.12. The highest BCUT2D eigenvalue weighted by Gasteiger charge is 2.26. The van der Waals surface area contributed by atoms with Crippen LogP contribution in [0, 0.1) is 0 Å². The Hall–Kier alpha value is -3.54. The van der Waals surface area contributed by atoms with E-state index in [-0.39, 0.29) is 17.3 Å². The van der Waals surface area contributed by atoms with Gasteiger partial charge in [0.1, 0.15) is 16.8 Å². The lowest BCUT2D eigenvalue weighted by Gasteiger charge is -2.18. The lowest BCUT2D eigenvalue weighted by molar-refractivity contribution is 0.0202. The van der Waals surface area contributed by atoms with Crippen LogP contribution in [0.3, 0.4) is 0 Å². The van der Waals surface area contributed by atoms with Crippen molar-refractivity contribution in [2.24, 2.45) is 0 Å². The molecule has 4 rings (SSSR count). The third-order valence-corrected chi connectivity index (χ3v) is 3.98. The maximum atomic E-state index is 13.0. The summed E-state index contributed by atoms with van der Waals surface area (Å²) >= 11 is 0. The van der Waals surface area contributed by atoms with E-state index in [1.807, 2.05) is 18.2 Å². The average molecular weight is 378 g/mol. The van der Waals surface area contributed by atoms with Crippen LogP contribution in [-0.4, -0.2) is 11.8 Å². The van der Waals surface area contributed by atoms with Gasteiger partial charge in [-0.1, -0.05) is 30.3 Å². The van der Waals surface area contributed by atoms with E-state index in [9.17, 15) is 9.59 Å². The number of carbonyl (C=O) groups is 1. The van der Waals surface area contributed by atoms with Gasteiger partial charge >= 0.3 is 6.16 Å². The Labute approximate surface area is 160 Å². The Morgan fingerprint density at radius 2 is 1.61 bits per heavy atom. The molecule has 0 atom stereocenters. The zero-order valence-electron chi connectivity index (χ0n) is 15.6. The molecule has 0 fully saturated rings. The monoisotopic (exact) mass is 378 g/mol. The maximum absolute atomic E-state index is 13.0. The maximum Gasteiger partial charge on any atom is 0.514 e. The molecule has 6 nitrogen and oxygen atoms in total. The molecule has 0 aliphatic carbocycles. The Kier molecular flexibility index (Phi) is 4.19. The van der Waals surface area contributed by atoms with Gasteiger partial charge in [0.05, 0.1) is 5.39 Å². The molecule has 28 heavy (non-hydrogen) atoms. The molecule has 0 aliphatic heterocycles. The molecule has 142 valence electrons. The van der Waals surface area contributed by atoms with E-state index >= 15 is 0 Å². The molecule has 0 unspecified atom stereocenters. The summed E-state index contributed by atoms with van der Waals surface area (Å²) in [7, 11) is 0. The van der Waals surface area contributed by atoms with Crippen LogP contribution in [0.1, 0.15) is 20.8 Å². The summed E-state index contributed by atoms with van der Waals surface area (Å²) < 4.78 is 22.2. The fourth-order valence-electron chi connectivity index (χ4n) is 2.83. The highest BCUT2D eigenvalue weighted by Crippen LogP contribution is 2.35. The molecule has 0 amide bonds. The van der Waals surface area contributed by atoms with Crippen molar-refractivity contribution in [3.63, 3.8) is 0 Å². The van der Waals surface area contributed by atoms with Gasteiger partial charge in [0.25, 0.3) is 0 Å². The van der Waals surface area contributed by atoms with E-state index in [4.69, 9.17) is 18.3 Å². The second-order valence-corrected chi connectivity index (χ2v) is 7.30. The van der Waals surface area contributed by atoms with Crippen LogP contribution in [-0.2, 0) is 4.74 Å². The number of furan rings is 1. The Bertz CT molecular complexity index is 1210. The van der Waals surface area contributed by atoms with Crippen LogP contribution in [0.25, 0.3) is 33.5 Å². The smallest absolute Gasteiger partial charge is 0.453 e. The summed E-state index contributed by atoms with van der Waals surface area (Å²) in [6.45, 7) is 5.12.